The topological polar surface area (TPSA) is 66.8 Å². The van der Waals surface area contributed by atoms with Gasteiger partial charge in [-0.05, 0) is 18.1 Å². The lowest BCUT2D eigenvalue weighted by atomic mass is 9.66. The Kier molecular flexibility index (Phi) is 2.17. The van der Waals surface area contributed by atoms with Gasteiger partial charge in [0.2, 0.25) is 0 Å². The highest BCUT2D eigenvalue weighted by atomic mass is 19.1. The Morgan fingerprint density at radius 3 is 3.07 bits per heavy atom. The first-order chi connectivity index (χ1) is 6.59. The van der Waals surface area contributed by atoms with Crippen molar-refractivity contribution < 1.29 is 24.0 Å². The molecular formula is C8H8BFO4. The number of carbonyl (C=O) groups is 1. The zero-order valence-corrected chi connectivity index (χ0v) is 7.24. The third kappa shape index (κ3) is 1.36. The molecule has 0 saturated carbocycles. The van der Waals surface area contributed by atoms with E-state index in [0.717, 1.165) is 6.08 Å². The molecule has 1 aliphatic heterocycles. The third-order valence-corrected chi connectivity index (χ3v) is 2.52. The van der Waals surface area contributed by atoms with Gasteiger partial charge < -0.3 is 14.8 Å². The van der Waals surface area contributed by atoms with Crippen LogP contribution in [0.3, 0.4) is 0 Å². The van der Waals surface area contributed by atoms with E-state index in [9.17, 15) is 14.2 Å². The predicted octanol–water partition coefficient (Wildman–Crippen LogP) is 0.506. The van der Waals surface area contributed by atoms with Gasteiger partial charge in [0.05, 0.1) is 6.61 Å². The Bertz CT molecular complexity index is 349. The number of allylic oxidation sites excluding steroid dienone is 2. The minimum absolute atomic E-state index is 0.0270. The summed E-state index contributed by atoms with van der Waals surface area (Å²) in [6.07, 6.45) is 1.12. The lowest BCUT2D eigenvalue weighted by molar-refractivity contribution is -0.132. The van der Waals surface area contributed by atoms with Gasteiger partial charge in [-0.3, -0.25) is 0 Å². The quantitative estimate of drug-likeness (QED) is 0.602. The van der Waals surface area contributed by atoms with Gasteiger partial charge in [0, 0.05) is 11.4 Å². The number of hydrogen-bond donors (Lipinski definition) is 2. The van der Waals surface area contributed by atoms with Gasteiger partial charge in [-0.1, -0.05) is 0 Å². The zero-order chi connectivity index (χ0) is 10.3. The fourth-order valence-electron chi connectivity index (χ4n) is 1.73. The molecule has 0 aromatic heterocycles. The largest absolute Gasteiger partial charge is 0.478 e. The average Bonchev–Trinajstić information content (AvgIpc) is 2.48. The number of carboxylic acid groups (broad SMARTS) is 1. The Hall–Kier alpha value is -1.14. The van der Waals surface area contributed by atoms with Gasteiger partial charge in [0.25, 0.3) is 0 Å². The van der Waals surface area contributed by atoms with Crippen molar-refractivity contribution in [1.29, 1.82) is 0 Å². The second-order valence-corrected chi connectivity index (χ2v) is 3.36. The summed E-state index contributed by atoms with van der Waals surface area (Å²) in [6.45, 7) is 0.0427. The number of rotatable bonds is 1. The standard InChI is InChI=1S/C8H8BFO4/c10-7-2-4(8(11)12)1-6-5(7)3-14-9(6)13/h2,6,13H,1,3H2,(H,11,12). The summed E-state index contributed by atoms with van der Waals surface area (Å²) < 4.78 is 18.1. The van der Waals surface area contributed by atoms with Crippen molar-refractivity contribution >= 4 is 13.1 Å². The molecule has 1 fully saturated rings. The predicted molar refractivity (Wildman–Crippen MR) is 46.1 cm³/mol. The lowest BCUT2D eigenvalue weighted by Gasteiger charge is -2.16. The van der Waals surface area contributed by atoms with Crippen molar-refractivity contribution in [2.24, 2.45) is 0 Å². The highest BCUT2D eigenvalue weighted by Crippen LogP contribution is 2.40. The van der Waals surface area contributed by atoms with Crippen molar-refractivity contribution in [3.05, 3.63) is 23.0 Å². The minimum Gasteiger partial charge on any atom is -0.478 e. The summed E-state index contributed by atoms with van der Waals surface area (Å²) in [7, 11) is -1.08. The molecule has 1 saturated heterocycles. The van der Waals surface area contributed by atoms with Crippen molar-refractivity contribution in [3.8, 4) is 0 Å². The van der Waals surface area contributed by atoms with Gasteiger partial charge in [-0.25, -0.2) is 9.18 Å². The third-order valence-electron chi connectivity index (χ3n) is 2.52. The maximum Gasteiger partial charge on any atom is 0.462 e. The Morgan fingerprint density at radius 1 is 1.71 bits per heavy atom. The van der Waals surface area contributed by atoms with Crippen molar-refractivity contribution in [3.63, 3.8) is 0 Å². The van der Waals surface area contributed by atoms with Crippen molar-refractivity contribution in [1.82, 2.24) is 0 Å². The van der Waals surface area contributed by atoms with Crippen molar-refractivity contribution in [2.45, 2.75) is 12.2 Å². The summed E-state index contributed by atoms with van der Waals surface area (Å²) in [5.74, 6) is -2.28. The van der Waals surface area contributed by atoms with E-state index in [4.69, 9.17) is 9.76 Å². The van der Waals surface area contributed by atoms with Gasteiger partial charge in [0.1, 0.15) is 5.83 Å². The maximum absolute atomic E-state index is 13.3. The Morgan fingerprint density at radius 2 is 2.43 bits per heavy atom. The normalized spacial score (nSPS) is 26.3. The highest BCUT2D eigenvalue weighted by Gasteiger charge is 2.41. The molecule has 1 unspecified atom stereocenters. The first-order valence-electron chi connectivity index (χ1n) is 4.21. The molecule has 2 aliphatic rings. The number of hydrogen-bond acceptors (Lipinski definition) is 3. The van der Waals surface area contributed by atoms with Crippen LogP contribution >= 0.6 is 0 Å². The van der Waals surface area contributed by atoms with Crippen LogP contribution in [-0.4, -0.2) is 29.8 Å². The van der Waals surface area contributed by atoms with E-state index in [1.165, 1.54) is 0 Å². The second kappa shape index (κ2) is 3.22. The van der Waals surface area contributed by atoms with Gasteiger partial charge in [-0.15, -0.1) is 0 Å². The fourth-order valence-corrected chi connectivity index (χ4v) is 1.73. The van der Waals surface area contributed by atoms with Gasteiger partial charge in [-0.2, -0.15) is 0 Å². The molecule has 0 bridgehead atoms. The van der Waals surface area contributed by atoms with Gasteiger partial charge in [0.15, 0.2) is 0 Å². The fraction of sp³-hybridized carbons (Fsp3) is 0.375. The molecule has 0 aromatic rings. The van der Waals surface area contributed by atoms with Crippen LogP contribution in [-0.2, 0) is 9.45 Å². The van der Waals surface area contributed by atoms with Crippen LogP contribution in [0.1, 0.15) is 6.42 Å². The summed E-state index contributed by atoms with van der Waals surface area (Å²) in [5, 5.41) is 18.0. The van der Waals surface area contributed by atoms with E-state index in [0.29, 0.717) is 5.57 Å². The molecule has 14 heavy (non-hydrogen) atoms. The number of carboxylic acids is 1. The van der Waals surface area contributed by atoms with E-state index in [1.54, 1.807) is 0 Å². The van der Waals surface area contributed by atoms with E-state index in [1.807, 2.05) is 0 Å². The lowest BCUT2D eigenvalue weighted by Crippen LogP contribution is -2.20. The van der Waals surface area contributed by atoms with E-state index in [2.05, 4.69) is 0 Å². The van der Waals surface area contributed by atoms with Crippen LogP contribution in [0.5, 0.6) is 0 Å². The van der Waals surface area contributed by atoms with E-state index < -0.39 is 24.7 Å². The Labute approximate surface area is 79.8 Å². The molecule has 6 heteroatoms. The van der Waals surface area contributed by atoms with Crippen LogP contribution < -0.4 is 0 Å². The zero-order valence-electron chi connectivity index (χ0n) is 7.24. The van der Waals surface area contributed by atoms with E-state index in [-0.39, 0.29) is 18.6 Å². The highest BCUT2D eigenvalue weighted by molar-refractivity contribution is 6.47. The molecular weight excluding hydrogens is 190 g/mol. The van der Waals surface area contributed by atoms with Crippen LogP contribution in [0.25, 0.3) is 0 Å². The molecule has 2 rings (SSSR count). The number of fused-ring (bicyclic) bond motifs is 1. The smallest absolute Gasteiger partial charge is 0.462 e. The monoisotopic (exact) mass is 198 g/mol. The van der Waals surface area contributed by atoms with Crippen LogP contribution in [0.2, 0.25) is 5.82 Å². The molecule has 0 radical (unpaired) electrons. The molecule has 1 heterocycles. The first kappa shape index (κ1) is 9.42. The first-order valence-corrected chi connectivity index (χ1v) is 4.21. The van der Waals surface area contributed by atoms with Gasteiger partial charge >= 0.3 is 13.1 Å². The molecule has 74 valence electrons. The number of aliphatic carboxylic acids is 1. The van der Waals surface area contributed by atoms with Crippen LogP contribution in [0.15, 0.2) is 23.0 Å². The molecule has 4 nitrogen and oxygen atoms in total. The summed E-state index contributed by atoms with van der Waals surface area (Å²) in [4.78, 5) is 10.6. The average molecular weight is 198 g/mol. The van der Waals surface area contributed by atoms with Crippen molar-refractivity contribution in [2.75, 3.05) is 6.61 Å². The van der Waals surface area contributed by atoms with Crippen LogP contribution in [0, 0.1) is 0 Å². The molecule has 2 N–H and O–H groups in total. The maximum atomic E-state index is 13.3. The molecule has 0 amide bonds. The molecule has 1 aliphatic carbocycles. The summed E-state index contributed by atoms with van der Waals surface area (Å²) >= 11 is 0. The molecule has 0 spiro atoms. The SMILES string of the molecule is O=C(O)C1=CC(F)=C2COB(O)C2C1. The summed E-state index contributed by atoms with van der Waals surface area (Å²) in [5.41, 5.74) is 0.336. The second-order valence-electron chi connectivity index (χ2n) is 3.36. The minimum atomic E-state index is -1.15. The molecule has 1 atom stereocenters. The van der Waals surface area contributed by atoms with E-state index >= 15 is 0 Å². The van der Waals surface area contributed by atoms with Crippen LogP contribution in [0.4, 0.5) is 4.39 Å². The number of halogens is 1. The Balaban J connectivity index is 2.34. The molecule has 0 aromatic carbocycles. The summed E-state index contributed by atoms with van der Waals surface area (Å²) in [6, 6.07) is 0.